The maximum atomic E-state index is 13.0. The second kappa shape index (κ2) is 4.33. The number of hydrogen-bond donors (Lipinski definition) is 1. The number of nitrogens with one attached hydrogen (secondary N) is 1. The number of carbonyl (C=O) groups is 1. The molecule has 1 heterocycles. The Morgan fingerprint density at radius 1 is 1.50 bits per heavy atom. The summed E-state index contributed by atoms with van der Waals surface area (Å²) in [5.41, 5.74) is -0.132. The van der Waals surface area contributed by atoms with E-state index >= 15 is 0 Å². The summed E-state index contributed by atoms with van der Waals surface area (Å²) in [6.45, 7) is 0. The van der Waals surface area contributed by atoms with E-state index in [1.54, 1.807) is 0 Å². The van der Waals surface area contributed by atoms with Crippen LogP contribution in [0.5, 0.6) is 0 Å². The predicted octanol–water partition coefficient (Wildman–Crippen LogP) is 2.30. The third-order valence-corrected chi connectivity index (χ3v) is 2.97. The largest absolute Gasteiger partial charge is 0.349 e. The molecule has 1 fully saturated rings. The molecule has 1 saturated carbocycles. The fourth-order valence-electron chi connectivity index (χ4n) is 1.42. The molecule has 0 unspecified atom stereocenters. The maximum Gasteiger partial charge on any atom is 0.254 e. The molecule has 86 valence electrons. The lowest BCUT2D eigenvalue weighted by Gasteiger charge is -2.26. The van der Waals surface area contributed by atoms with Crippen molar-refractivity contribution < 1.29 is 13.6 Å². The fourth-order valence-corrected chi connectivity index (χ4v) is 1.63. The van der Waals surface area contributed by atoms with Gasteiger partial charge < -0.3 is 5.32 Å². The Hall–Kier alpha value is -1.23. The quantitative estimate of drug-likeness (QED) is 0.814. The van der Waals surface area contributed by atoms with Crippen LogP contribution in [0.1, 0.15) is 29.6 Å². The summed E-state index contributed by atoms with van der Waals surface area (Å²) in [5, 5.41) is 2.14. The van der Waals surface area contributed by atoms with Gasteiger partial charge in [-0.05, 0) is 19.3 Å². The van der Waals surface area contributed by atoms with E-state index in [4.69, 9.17) is 11.6 Å². The average Bonchev–Trinajstić information content (AvgIpc) is 2.20. The molecule has 0 aliphatic heterocycles. The van der Waals surface area contributed by atoms with Crippen molar-refractivity contribution in [2.24, 2.45) is 0 Å². The maximum absolute atomic E-state index is 13.0. The predicted molar refractivity (Wildman–Crippen MR) is 54.3 cm³/mol. The number of hydrogen-bond acceptors (Lipinski definition) is 2. The van der Waals surface area contributed by atoms with Crippen molar-refractivity contribution in [1.82, 2.24) is 10.3 Å². The topological polar surface area (TPSA) is 42.0 Å². The smallest absolute Gasteiger partial charge is 0.254 e. The molecule has 0 atom stereocenters. The van der Waals surface area contributed by atoms with Gasteiger partial charge in [0.1, 0.15) is 0 Å². The average molecular weight is 247 g/mol. The molecule has 0 saturated heterocycles. The summed E-state index contributed by atoms with van der Waals surface area (Å²) in [6, 6.07) is 0.108. The minimum atomic E-state index is -1.30. The van der Waals surface area contributed by atoms with E-state index in [9.17, 15) is 13.6 Å². The zero-order chi connectivity index (χ0) is 11.7. The third kappa shape index (κ3) is 2.00. The Labute approximate surface area is 95.8 Å². The van der Waals surface area contributed by atoms with Crippen LogP contribution in [0.3, 0.4) is 0 Å². The molecule has 1 aliphatic rings. The summed E-state index contributed by atoms with van der Waals surface area (Å²) in [4.78, 5) is 14.7. The van der Waals surface area contributed by atoms with Crippen LogP contribution in [0.4, 0.5) is 8.78 Å². The molecule has 3 nitrogen and oxygen atoms in total. The summed E-state index contributed by atoms with van der Waals surface area (Å²) >= 11 is 5.52. The molecule has 1 N–H and O–H groups in total. The van der Waals surface area contributed by atoms with Crippen LogP contribution in [0.25, 0.3) is 0 Å². The van der Waals surface area contributed by atoms with Crippen LogP contribution < -0.4 is 5.32 Å². The van der Waals surface area contributed by atoms with E-state index in [1.165, 1.54) is 0 Å². The normalized spacial score (nSPS) is 15.7. The number of nitrogens with zero attached hydrogens (tertiary/aromatic N) is 1. The van der Waals surface area contributed by atoms with Crippen LogP contribution >= 0.6 is 11.6 Å². The van der Waals surface area contributed by atoms with Gasteiger partial charge in [0.25, 0.3) is 11.9 Å². The molecule has 2 rings (SSSR count). The zero-order valence-corrected chi connectivity index (χ0v) is 9.02. The van der Waals surface area contributed by atoms with Crippen molar-refractivity contribution in [2.75, 3.05) is 0 Å². The second-order valence-corrected chi connectivity index (χ2v) is 4.07. The molecule has 6 heteroatoms. The summed E-state index contributed by atoms with van der Waals surface area (Å²) in [7, 11) is 0. The van der Waals surface area contributed by atoms with E-state index in [-0.39, 0.29) is 11.6 Å². The molecular weight excluding hydrogens is 238 g/mol. The molecule has 16 heavy (non-hydrogen) atoms. The number of amides is 1. The molecule has 1 amide bonds. The zero-order valence-electron chi connectivity index (χ0n) is 8.27. The van der Waals surface area contributed by atoms with Gasteiger partial charge in [0.05, 0.1) is 10.6 Å². The van der Waals surface area contributed by atoms with E-state index < -0.39 is 22.7 Å². The van der Waals surface area contributed by atoms with Crippen LogP contribution in [0.2, 0.25) is 5.02 Å². The third-order valence-electron chi connectivity index (χ3n) is 2.60. The molecule has 0 aromatic carbocycles. The van der Waals surface area contributed by atoms with Gasteiger partial charge in [0.15, 0.2) is 5.82 Å². The Morgan fingerprint density at radius 2 is 2.19 bits per heavy atom. The first-order valence-corrected chi connectivity index (χ1v) is 5.27. The van der Waals surface area contributed by atoms with Crippen LogP contribution in [0.15, 0.2) is 6.20 Å². The molecule has 1 aromatic heterocycles. The lowest BCUT2D eigenvalue weighted by molar-refractivity contribution is 0.0916. The first kappa shape index (κ1) is 11.3. The minimum Gasteiger partial charge on any atom is -0.349 e. The highest BCUT2D eigenvalue weighted by molar-refractivity contribution is 6.33. The van der Waals surface area contributed by atoms with Crippen LogP contribution in [-0.4, -0.2) is 16.9 Å². The van der Waals surface area contributed by atoms with Crippen molar-refractivity contribution in [3.05, 3.63) is 28.5 Å². The van der Waals surface area contributed by atoms with Crippen molar-refractivity contribution in [3.63, 3.8) is 0 Å². The SMILES string of the molecule is O=C(NC1CCC1)c1cnc(F)c(F)c1Cl. The Bertz CT molecular complexity index is 435. The van der Waals surface area contributed by atoms with Gasteiger partial charge in [-0.25, -0.2) is 9.37 Å². The molecule has 1 aromatic rings. The van der Waals surface area contributed by atoms with Crippen molar-refractivity contribution >= 4 is 17.5 Å². The lowest BCUT2D eigenvalue weighted by Crippen LogP contribution is -2.39. The van der Waals surface area contributed by atoms with E-state index in [0.29, 0.717) is 0 Å². The Morgan fingerprint density at radius 3 is 2.75 bits per heavy atom. The van der Waals surface area contributed by atoms with Gasteiger partial charge in [-0.15, -0.1) is 0 Å². The highest BCUT2D eigenvalue weighted by atomic mass is 35.5. The van der Waals surface area contributed by atoms with E-state index in [2.05, 4.69) is 10.3 Å². The minimum absolute atomic E-state index is 0.108. The van der Waals surface area contributed by atoms with Gasteiger partial charge in [0, 0.05) is 12.2 Å². The van der Waals surface area contributed by atoms with Gasteiger partial charge >= 0.3 is 0 Å². The van der Waals surface area contributed by atoms with Gasteiger partial charge in [-0.3, -0.25) is 4.79 Å². The van der Waals surface area contributed by atoms with Gasteiger partial charge in [0.2, 0.25) is 0 Å². The van der Waals surface area contributed by atoms with Crippen LogP contribution in [0, 0.1) is 11.8 Å². The van der Waals surface area contributed by atoms with E-state index in [1.807, 2.05) is 0 Å². The first-order valence-electron chi connectivity index (χ1n) is 4.90. The molecule has 0 spiro atoms. The van der Waals surface area contributed by atoms with Crippen LogP contribution in [-0.2, 0) is 0 Å². The van der Waals surface area contributed by atoms with Crippen molar-refractivity contribution in [1.29, 1.82) is 0 Å². The Balaban J connectivity index is 2.19. The molecule has 0 bridgehead atoms. The summed E-state index contributed by atoms with van der Waals surface area (Å²) in [6.07, 6.45) is 3.81. The van der Waals surface area contributed by atoms with E-state index in [0.717, 1.165) is 25.5 Å². The number of rotatable bonds is 2. The second-order valence-electron chi connectivity index (χ2n) is 3.69. The number of carbonyl (C=O) groups excluding carboxylic acids is 1. The highest BCUT2D eigenvalue weighted by Gasteiger charge is 2.23. The summed E-state index contributed by atoms with van der Waals surface area (Å²) < 4.78 is 25.7. The Kier molecular flexibility index (Phi) is 3.05. The first-order chi connectivity index (χ1) is 7.59. The number of halogens is 3. The summed E-state index contributed by atoms with van der Waals surface area (Å²) in [5.74, 6) is -3.10. The molecule has 1 aliphatic carbocycles. The molecule has 0 radical (unpaired) electrons. The lowest BCUT2D eigenvalue weighted by atomic mass is 9.93. The van der Waals surface area contributed by atoms with Crippen molar-refractivity contribution in [3.8, 4) is 0 Å². The van der Waals surface area contributed by atoms with Crippen molar-refractivity contribution in [2.45, 2.75) is 25.3 Å². The fraction of sp³-hybridized carbons (Fsp3) is 0.400. The highest BCUT2D eigenvalue weighted by Crippen LogP contribution is 2.23. The molecular formula is C10H9ClF2N2O. The van der Waals surface area contributed by atoms with Gasteiger partial charge in [-0.1, -0.05) is 11.6 Å². The standard InChI is InChI=1S/C10H9ClF2N2O/c11-7-6(4-14-9(13)8(7)12)10(16)15-5-2-1-3-5/h4-5H,1-3H2,(H,15,16). The monoisotopic (exact) mass is 246 g/mol. The number of pyridine rings is 1. The number of aromatic nitrogens is 1. The van der Waals surface area contributed by atoms with Gasteiger partial charge in [-0.2, -0.15) is 4.39 Å².